The van der Waals surface area contributed by atoms with E-state index in [1.807, 2.05) is 18.2 Å². The highest BCUT2D eigenvalue weighted by molar-refractivity contribution is 5.67. The minimum atomic E-state index is -0.760. The zero-order valence-electron chi connectivity index (χ0n) is 13.9. The Bertz CT molecular complexity index is 730. The number of hydrogen-bond acceptors (Lipinski definition) is 4. The summed E-state index contributed by atoms with van der Waals surface area (Å²) in [6, 6.07) is 10.1. The summed E-state index contributed by atoms with van der Waals surface area (Å²) >= 11 is 0. The number of pyridine rings is 1. The van der Waals surface area contributed by atoms with Gasteiger partial charge in [0.05, 0.1) is 5.69 Å². The van der Waals surface area contributed by atoms with E-state index in [0.717, 1.165) is 36.6 Å². The van der Waals surface area contributed by atoms with Crippen LogP contribution in [0.5, 0.6) is 5.75 Å². The molecule has 0 saturated carbocycles. The van der Waals surface area contributed by atoms with Crippen LogP contribution in [0.2, 0.25) is 0 Å². The molecule has 1 aliphatic heterocycles. The fourth-order valence-electron chi connectivity index (χ4n) is 2.93. The quantitative estimate of drug-likeness (QED) is 0.915. The maximum absolute atomic E-state index is 10.8. The molecule has 0 spiro atoms. The van der Waals surface area contributed by atoms with Crippen LogP contribution in [0, 0.1) is 6.92 Å². The van der Waals surface area contributed by atoms with E-state index in [4.69, 9.17) is 9.84 Å². The summed E-state index contributed by atoms with van der Waals surface area (Å²) in [5, 5.41) is 8.85. The van der Waals surface area contributed by atoms with Gasteiger partial charge in [-0.3, -0.25) is 14.7 Å². The van der Waals surface area contributed by atoms with Gasteiger partial charge in [0.2, 0.25) is 0 Å². The van der Waals surface area contributed by atoms with Crippen LogP contribution in [0.1, 0.15) is 28.8 Å². The van der Waals surface area contributed by atoms with Crippen molar-refractivity contribution >= 4 is 5.97 Å². The molecule has 2 heterocycles. The number of hydrogen-bond donors (Lipinski definition) is 1. The van der Waals surface area contributed by atoms with Crippen molar-refractivity contribution in [1.29, 1.82) is 0 Å². The van der Waals surface area contributed by atoms with Crippen molar-refractivity contribution in [2.24, 2.45) is 0 Å². The molecule has 5 heteroatoms. The normalized spacial score (nSPS) is 14.5. The average molecular weight is 326 g/mol. The molecular formula is C19H22N2O3. The molecule has 0 radical (unpaired) electrons. The molecule has 5 nitrogen and oxygen atoms in total. The van der Waals surface area contributed by atoms with Crippen molar-refractivity contribution in [2.45, 2.75) is 32.9 Å². The molecular weight excluding hydrogens is 304 g/mol. The van der Waals surface area contributed by atoms with E-state index < -0.39 is 5.97 Å². The first-order valence-corrected chi connectivity index (χ1v) is 8.21. The van der Waals surface area contributed by atoms with Gasteiger partial charge in [0, 0.05) is 32.3 Å². The van der Waals surface area contributed by atoms with Gasteiger partial charge in [-0.15, -0.1) is 0 Å². The number of aliphatic carboxylic acids is 1. The second-order valence-corrected chi connectivity index (χ2v) is 6.16. The Kier molecular flexibility index (Phi) is 5.11. The van der Waals surface area contributed by atoms with Crippen LogP contribution in [0.15, 0.2) is 36.5 Å². The highest BCUT2D eigenvalue weighted by Gasteiger charge is 2.17. The number of benzene rings is 1. The Balaban J connectivity index is 1.73. The SMILES string of the molecule is Cc1ccc(CCC(=O)O)cc1CN1CCOc2cccnc2C1. The summed E-state index contributed by atoms with van der Waals surface area (Å²) in [4.78, 5) is 17.5. The number of rotatable bonds is 5. The van der Waals surface area contributed by atoms with Gasteiger partial charge < -0.3 is 9.84 Å². The van der Waals surface area contributed by atoms with E-state index in [2.05, 4.69) is 28.9 Å². The number of aryl methyl sites for hydroxylation is 2. The summed E-state index contributed by atoms with van der Waals surface area (Å²) in [5.41, 5.74) is 4.50. The van der Waals surface area contributed by atoms with E-state index in [-0.39, 0.29) is 6.42 Å². The molecule has 0 aliphatic carbocycles. The Labute approximate surface area is 141 Å². The molecule has 126 valence electrons. The Morgan fingerprint density at radius 1 is 1.38 bits per heavy atom. The first-order chi connectivity index (χ1) is 11.6. The fourth-order valence-corrected chi connectivity index (χ4v) is 2.93. The summed E-state index contributed by atoms with van der Waals surface area (Å²) in [7, 11) is 0. The predicted octanol–water partition coefficient (Wildman–Crippen LogP) is 2.80. The van der Waals surface area contributed by atoms with E-state index in [1.54, 1.807) is 6.20 Å². The van der Waals surface area contributed by atoms with Gasteiger partial charge >= 0.3 is 5.97 Å². The topological polar surface area (TPSA) is 62.7 Å². The summed E-state index contributed by atoms with van der Waals surface area (Å²) in [6.45, 7) is 5.16. The molecule has 3 rings (SSSR count). The first-order valence-electron chi connectivity index (χ1n) is 8.21. The van der Waals surface area contributed by atoms with Gasteiger partial charge in [0.15, 0.2) is 0 Å². The Morgan fingerprint density at radius 3 is 3.08 bits per heavy atom. The molecule has 24 heavy (non-hydrogen) atoms. The lowest BCUT2D eigenvalue weighted by Gasteiger charge is -2.20. The van der Waals surface area contributed by atoms with E-state index >= 15 is 0 Å². The molecule has 0 saturated heterocycles. The number of fused-ring (bicyclic) bond motifs is 1. The third-order valence-corrected chi connectivity index (χ3v) is 4.32. The second kappa shape index (κ2) is 7.45. The Morgan fingerprint density at radius 2 is 2.25 bits per heavy atom. The maximum Gasteiger partial charge on any atom is 0.303 e. The van der Waals surface area contributed by atoms with Gasteiger partial charge in [0.1, 0.15) is 12.4 Å². The molecule has 0 atom stereocenters. The van der Waals surface area contributed by atoms with Gasteiger partial charge in [-0.2, -0.15) is 0 Å². The van der Waals surface area contributed by atoms with Gasteiger partial charge in [0.25, 0.3) is 0 Å². The number of aromatic nitrogens is 1. The average Bonchev–Trinajstić information content (AvgIpc) is 2.77. The fraction of sp³-hybridized carbons (Fsp3) is 0.368. The first kappa shape index (κ1) is 16.5. The molecule has 0 fully saturated rings. The third-order valence-electron chi connectivity index (χ3n) is 4.32. The number of nitrogens with zero attached hydrogens (tertiary/aromatic N) is 2. The third kappa shape index (κ3) is 4.11. The van der Waals surface area contributed by atoms with Gasteiger partial charge in [-0.25, -0.2) is 0 Å². The standard InChI is InChI=1S/C19H22N2O3/c1-14-4-5-15(6-7-19(22)23)11-16(14)12-21-9-10-24-18-3-2-8-20-17(18)13-21/h2-5,8,11H,6-7,9-10,12-13H2,1H3,(H,22,23). The molecule has 0 amide bonds. The van der Waals surface area contributed by atoms with Crippen LogP contribution < -0.4 is 4.74 Å². The number of carboxylic acid groups (broad SMARTS) is 1. The van der Waals surface area contributed by atoms with Gasteiger partial charge in [-0.1, -0.05) is 18.2 Å². The zero-order chi connectivity index (χ0) is 16.9. The number of ether oxygens (including phenoxy) is 1. The maximum atomic E-state index is 10.8. The van der Waals surface area contributed by atoms with Crippen molar-refractivity contribution < 1.29 is 14.6 Å². The largest absolute Gasteiger partial charge is 0.490 e. The zero-order valence-corrected chi connectivity index (χ0v) is 13.9. The molecule has 1 N–H and O–H groups in total. The van der Waals surface area contributed by atoms with Crippen LogP contribution in [-0.4, -0.2) is 34.1 Å². The number of carboxylic acids is 1. The van der Waals surface area contributed by atoms with Crippen LogP contribution in [0.3, 0.4) is 0 Å². The van der Waals surface area contributed by atoms with Crippen molar-refractivity contribution in [3.63, 3.8) is 0 Å². The van der Waals surface area contributed by atoms with Crippen LogP contribution in [-0.2, 0) is 24.3 Å². The van der Waals surface area contributed by atoms with Gasteiger partial charge in [-0.05, 0) is 42.2 Å². The lowest BCUT2D eigenvalue weighted by Crippen LogP contribution is -2.26. The van der Waals surface area contributed by atoms with Crippen LogP contribution in [0.4, 0.5) is 0 Å². The monoisotopic (exact) mass is 326 g/mol. The molecule has 1 aliphatic rings. The summed E-state index contributed by atoms with van der Waals surface area (Å²) in [5.74, 6) is 0.108. The van der Waals surface area contributed by atoms with Crippen LogP contribution >= 0.6 is 0 Å². The smallest absolute Gasteiger partial charge is 0.303 e. The van der Waals surface area contributed by atoms with E-state index in [0.29, 0.717) is 13.0 Å². The highest BCUT2D eigenvalue weighted by Crippen LogP contribution is 2.22. The lowest BCUT2D eigenvalue weighted by molar-refractivity contribution is -0.136. The molecule has 1 aromatic carbocycles. The molecule has 0 bridgehead atoms. The molecule has 0 unspecified atom stereocenters. The molecule has 2 aromatic rings. The summed E-state index contributed by atoms with van der Waals surface area (Å²) in [6.07, 6.45) is 2.52. The second-order valence-electron chi connectivity index (χ2n) is 6.16. The van der Waals surface area contributed by atoms with Crippen molar-refractivity contribution in [3.05, 3.63) is 58.9 Å². The summed E-state index contributed by atoms with van der Waals surface area (Å²) < 4.78 is 5.77. The van der Waals surface area contributed by atoms with E-state index in [9.17, 15) is 4.79 Å². The van der Waals surface area contributed by atoms with E-state index in [1.165, 1.54) is 11.1 Å². The lowest BCUT2D eigenvalue weighted by atomic mass is 10.0. The minimum absolute atomic E-state index is 0.164. The highest BCUT2D eigenvalue weighted by atomic mass is 16.5. The Hall–Kier alpha value is -2.40. The number of carbonyl (C=O) groups is 1. The van der Waals surface area contributed by atoms with Crippen LogP contribution in [0.25, 0.3) is 0 Å². The predicted molar refractivity (Wildman–Crippen MR) is 91.0 cm³/mol. The molecule has 1 aromatic heterocycles. The van der Waals surface area contributed by atoms with Crippen molar-refractivity contribution in [3.8, 4) is 5.75 Å². The van der Waals surface area contributed by atoms with Crippen molar-refractivity contribution in [1.82, 2.24) is 9.88 Å². The van der Waals surface area contributed by atoms with Crippen molar-refractivity contribution in [2.75, 3.05) is 13.2 Å². The minimum Gasteiger partial charge on any atom is -0.490 e.